The quantitative estimate of drug-likeness (QED) is 0.439. The van der Waals surface area contributed by atoms with Gasteiger partial charge in [0.05, 0.1) is 11.0 Å². The monoisotopic (exact) mass is 296 g/mol. The van der Waals surface area contributed by atoms with Gasteiger partial charge in [-0.25, -0.2) is 9.97 Å². The summed E-state index contributed by atoms with van der Waals surface area (Å²) in [6.07, 6.45) is 0. The van der Waals surface area contributed by atoms with E-state index in [1.165, 1.54) is 0 Å². The molecule has 3 aromatic heterocycles. The van der Waals surface area contributed by atoms with Crippen molar-refractivity contribution in [3.63, 3.8) is 0 Å². The molecule has 0 radical (unpaired) electrons. The molecule has 8 nitrogen and oxygen atoms in total. The molecule has 0 saturated carbocycles. The fourth-order valence-electron chi connectivity index (χ4n) is 2.64. The molecule has 0 amide bonds. The molecule has 4 rings (SSSR count). The van der Waals surface area contributed by atoms with Crippen molar-refractivity contribution >= 4 is 33.5 Å². The molecule has 0 aliphatic heterocycles. The van der Waals surface area contributed by atoms with Crippen LogP contribution in [0.4, 0.5) is 5.82 Å². The first kappa shape index (κ1) is 12.6. The highest BCUT2D eigenvalue weighted by atomic mass is 16.1. The van der Waals surface area contributed by atoms with Crippen LogP contribution in [0.1, 0.15) is 11.1 Å². The lowest BCUT2D eigenvalue weighted by Gasteiger charge is -2.05. The van der Waals surface area contributed by atoms with E-state index in [2.05, 4.69) is 20.2 Å². The number of aryl methyl sites for hydroxylation is 2. The normalized spacial score (nSPS) is 11.7. The number of aromatic amines is 2. The lowest BCUT2D eigenvalue weighted by Crippen LogP contribution is -2.22. The standard InChI is InChI=1S/C14H12N6O2/c1-5-3-7-8(4-6(5)2)20-11(15)9-10(17-14(20)16-7)13(22)19-18-12(9)21/h3-4H,15H2,1-2H3,(H,18,21)(H,19,22). The lowest BCUT2D eigenvalue weighted by atomic mass is 10.1. The molecular formula is C14H12N6O2. The Morgan fingerprint density at radius 3 is 2.50 bits per heavy atom. The molecule has 4 N–H and O–H groups in total. The highest BCUT2D eigenvalue weighted by Gasteiger charge is 2.16. The van der Waals surface area contributed by atoms with E-state index in [-0.39, 0.29) is 16.7 Å². The van der Waals surface area contributed by atoms with E-state index in [0.717, 1.165) is 16.6 Å². The molecule has 110 valence electrons. The SMILES string of the molecule is Cc1cc2nc3nc4c(=O)[nH][nH]c(=O)c4c(N)n3c2cc1C. The Kier molecular flexibility index (Phi) is 2.25. The van der Waals surface area contributed by atoms with Crippen LogP contribution >= 0.6 is 0 Å². The van der Waals surface area contributed by atoms with Gasteiger partial charge in [0.15, 0.2) is 0 Å². The van der Waals surface area contributed by atoms with Crippen LogP contribution in [0.15, 0.2) is 21.7 Å². The van der Waals surface area contributed by atoms with Gasteiger partial charge in [-0.2, -0.15) is 0 Å². The summed E-state index contributed by atoms with van der Waals surface area (Å²) in [5, 5.41) is 4.56. The lowest BCUT2D eigenvalue weighted by molar-refractivity contribution is 0.966. The second-order valence-corrected chi connectivity index (χ2v) is 5.30. The summed E-state index contributed by atoms with van der Waals surface area (Å²) in [7, 11) is 0. The zero-order valence-corrected chi connectivity index (χ0v) is 11.9. The predicted octanol–water partition coefficient (Wildman–Crippen LogP) is 0.611. The van der Waals surface area contributed by atoms with Gasteiger partial charge in [0.1, 0.15) is 16.7 Å². The molecule has 0 spiro atoms. The van der Waals surface area contributed by atoms with Crippen LogP contribution in [0.3, 0.4) is 0 Å². The highest BCUT2D eigenvalue weighted by molar-refractivity contribution is 5.93. The maximum atomic E-state index is 12.0. The summed E-state index contributed by atoms with van der Waals surface area (Å²) in [4.78, 5) is 32.5. The average molecular weight is 296 g/mol. The number of aromatic nitrogens is 5. The molecular weight excluding hydrogens is 284 g/mol. The minimum absolute atomic E-state index is 0.0162. The van der Waals surface area contributed by atoms with Gasteiger partial charge in [0, 0.05) is 0 Å². The minimum Gasteiger partial charge on any atom is -0.384 e. The van der Waals surface area contributed by atoms with Crippen LogP contribution in [0.2, 0.25) is 0 Å². The molecule has 0 fully saturated rings. The molecule has 8 heteroatoms. The van der Waals surface area contributed by atoms with E-state index in [1.807, 2.05) is 26.0 Å². The van der Waals surface area contributed by atoms with Crippen LogP contribution in [0.5, 0.6) is 0 Å². The van der Waals surface area contributed by atoms with Crippen LogP contribution in [-0.2, 0) is 0 Å². The van der Waals surface area contributed by atoms with Gasteiger partial charge in [-0.1, -0.05) is 0 Å². The summed E-state index contributed by atoms with van der Waals surface area (Å²) < 4.78 is 1.60. The van der Waals surface area contributed by atoms with E-state index in [1.54, 1.807) is 4.40 Å². The zero-order valence-electron chi connectivity index (χ0n) is 11.9. The van der Waals surface area contributed by atoms with Crippen LogP contribution in [-0.4, -0.2) is 24.6 Å². The van der Waals surface area contributed by atoms with Crippen molar-refractivity contribution in [2.24, 2.45) is 0 Å². The first-order valence-corrected chi connectivity index (χ1v) is 6.67. The number of imidazole rings is 1. The Morgan fingerprint density at radius 2 is 1.73 bits per heavy atom. The third-order valence-electron chi connectivity index (χ3n) is 3.93. The Hall–Kier alpha value is -3.16. The number of rotatable bonds is 0. The fourth-order valence-corrected chi connectivity index (χ4v) is 2.64. The molecule has 0 bridgehead atoms. The van der Waals surface area contributed by atoms with Gasteiger partial charge in [-0.3, -0.25) is 24.2 Å². The van der Waals surface area contributed by atoms with Gasteiger partial charge >= 0.3 is 0 Å². The van der Waals surface area contributed by atoms with Crippen molar-refractivity contribution < 1.29 is 0 Å². The Bertz CT molecular complexity index is 1200. The first-order chi connectivity index (χ1) is 10.5. The highest BCUT2D eigenvalue weighted by Crippen LogP contribution is 2.24. The number of hydrogen-bond acceptors (Lipinski definition) is 5. The van der Waals surface area contributed by atoms with Gasteiger partial charge in [-0.15, -0.1) is 0 Å². The second-order valence-electron chi connectivity index (χ2n) is 5.30. The third-order valence-corrected chi connectivity index (χ3v) is 3.93. The number of H-pyrrole nitrogens is 2. The molecule has 0 aliphatic carbocycles. The zero-order chi connectivity index (χ0) is 15.6. The van der Waals surface area contributed by atoms with Gasteiger partial charge in [0.25, 0.3) is 11.1 Å². The second kappa shape index (κ2) is 3.94. The number of hydrogen-bond donors (Lipinski definition) is 3. The van der Waals surface area contributed by atoms with Crippen LogP contribution in [0.25, 0.3) is 27.7 Å². The first-order valence-electron chi connectivity index (χ1n) is 6.67. The Labute approximate surface area is 122 Å². The van der Waals surface area contributed by atoms with Crippen molar-refractivity contribution in [1.82, 2.24) is 24.6 Å². The number of anilines is 1. The summed E-state index contributed by atoms with van der Waals surface area (Å²) in [6, 6.07) is 3.87. The van der Waals surface area contributed by atoms with Crippen LogP contribution in [0, 0.1) is 13.8 Å². The smallest absolute Gasteiger partial charge is 0.289 e. The number of benzene rings is 1. The molecule has 0 unspecified atom stereocenters. The molecule has 0 saturated heterocycles. The van der Waals surface area contributed by atoms with Gasteiger partial charge in [0.2, 0.25) is 5.78 Å². The molecule has 4 aromatic rings. The van der Waals surface area contributed by atoms with Crippen molar-refractivity contribution in [3.8, 4) is 0 Å². The van der Waals surface area contributed by atoms with Crippen molar-refractivity contribution in [2.75, 3.05) is 5.73 Å². The summed E-state index contributed by atoms with van der Waals surface area (Å²) in [6.45, 7) is 3.97. The molecule has 0 atom stereocenters. The van der Waals surface area contributed by atoms with Gasteiger partial charge < -0.3 is 5.73 Å². The topological polar surface area (TPSA) is 122 Å². The Balaban J connectivity index is 2.36. The molecule has 22 heavy (non-hydrogen) atoms. The average Bonchev–Trinajstić information content (AvgIpc) is 2.81. The number of nitrogens with one attached hydrogen (secondary N) is 2. The van der Waals surface area contributed by atoms with Crippen molar-refractivity contribution in [2.45, 2.75) is 13.8 Å². The minimum atomic E-state index is -0.511. The fraction of sp³-hybridized carbons (Fsp3) is 0.143. The number of nitrogen functional groups attached to an aromatic ring is 1. The van der Waals surface area contributed by atoms with E-state index in [0.29, 0.717) is 11.3 Å². The predicted molar refractivity (Wildman–Crippen MR) is 83.1 cm³/mol. The third kappa shape index (κ3) is 1.46. The maximum absolute atomic E-state index is 12.0. The van der Waals surface area contributed by atoms with E-state index >= 15 is 0 Å². The summed E-state index contributed by atoms with van der Waals surface area (Å²) in [5.41, 5.74) is 8.75. The molecule has 1 aromatic carbocycles. The van der Waals surface area contributed by atoms with Crippen molar-refractivity contribution in [1.29, 1.82) is 0 Å². The van der Waals surface area contributed by atoms with Crippen molar-refractivity contribution in [3.05, 3.63) is 44.0 Å². The molecule has 0 aliphatic rings. The summed E-state index contributed by atoms with van der Waals surface area (Å²) in [5.74, 6) is 0.444. The molecule has 3 heterocycles. The van der Waals surface area contributed by atoms with Crippen LogP contribution < -0.4 is 16.9 Å². The van der Waals surface area contributed by atoms with E-state index in [4.69, 9.17) is 5.73 Å². The van der Waals surface area contributed by atoms with Gasteiger partial charge in [-0.05, 0) is 37.1 Å². The van der Waals surface area contributed by atoms with E-state index < -0.39 is 11.1 Å². The number of nitrogens with two attached hydrogens (primary N) is 1. The Morgan fingerprint density at radius 1 is 1.05 bits per heavy atom. The maximum Gasteiger partial charge on any atom is 0.289 e. The summed E-state index contributed by atoms with van der Waals surface area (Å²) >= 11 is 0. The van der Waals surface area contributed by atoms with E-state index in [9.17, 15) is 9.59 Å². The largest absolute Gasteiger partial charge is 0.384 e. The number of nitrogens with zero attached hydrogens (tertiary/aromatic N) is 3. The number of fused-ring (bicyclic) bond motifs is 4.